The van der Waals surface area contributed by atoms with E-state index in [4.69, 9.17) is 9.47 Å². The van der Waals surface area contributed by atoms with E-state index in [0.717, 1.165) is 12.1 Å². The lowest BCUT2D eigenvalue weighted by molar-refractivity contribution is 0.110. The minimum atomic E-state index is -4.94. The molecule has 0 saturated heterocycles. The zero-order chi connectivity index (χ0) is 12.9. The summed E-state index contributed by atoms with van der Waals surface area (Å²) >= 11 is 0. The molecule has 0 aliphatic carbocycles. The molecule has 2 nitrogen and oxygen atoms in total. The molecule has 96 valence electrons. The second-order valence-electron chi connectivity index (χ2n) is 3.65. The Labute approximate surface area is 98.8 Å². The summed E-state index contributed by atoms with van der Waals surface area (Å²) in [5.41, 5.74) is -0.113. The van der Waals surface area contributed by atoms with Crippen LogP contribution in [0.4, 0.5) is 12.9 Å². The van der Waals surface area contributed by atoms with E-state index in [0.29, 0.717) is 31.1 Å². The molecule has 0 bridgehead atoms. The van der Waals surface area contributed by atoms with Crippen LogP contribution in [0.5, 0.6) is 5.75 Å². The lowest BCUT2D eigenvalue weighted by Gasteiger charge is -2.17. The summed E-state index contributed by atoms with van der Waals surface area (Å²) in [5, 5.41) is 0. The summed E-state index contributed by atoms with van der Waals surface area (Å²) in [5.74, 6) is 0.466. The molecule has 0 fully saturated rings. The highest BCUT2D eigenvalue weighted by Gasteiger charge is 2.25. The quantitative estimate of drug-likeness (QED) is 0.567. The van der Waals surface area contributed by atoms with Crippen LogP contribution >= 0.6 is 0 Å². The van der Waals surface area contributed by atoms with Gasteiger partial charge in [-0.25, -0.2) is 0 Å². The van der Waals surface area contributed by atoms with Crippen molar-refractivity contribution >= 4 is 12.4 Å². The van der Waals surface area contributed by atoms with E-state index in [1.807, 2.05) is 6.92 Å². The van der Waals surface area contributed by atoms with Gasteiger partial charge in [0.15, 0.2) is 0 Å². The average Bonchev–Trinajstić information content (AvgIpc) is 2.24. The second-order valence-corrected chi connectivity index (χ2v) is 3.65. The Balaban J connectivity index is 2.64. The molecule has 0 saturated carbocycles. The third-order valence-electron chi connectivity index (χ3n) is 2.27. The van der Waals surface area contributed by atoms with Crippen LogP contribution in [0.2, 0.25) is 0 Å². The largest absolute Gasteiger partial charge is 0.509 e. The van der Waals surface area contributed by atoms with E-state index in [-0.39, 0.29) is 0 Å². The molecule has 0 amide bonds. The molecule has 1 aromatic rings. The van der Waals surface area contributed by atoms with E-state index in [9.17, 15) is 12.9 Å². The van der Waals surface area contributed by atoms with Gasteiger partial charge in [0.05, 0.1) is 6.61 Å². The van der Waals surface area contributed by atoms with Crippen molar-refractivity contribution in [3.8, 4) is 5.75 Å². The molecule has 1 aromatic carbocycles. The monoisotopic (exact) mass is 247 g/mol. The fraction of sp³-hybridized carbons (Fsp3) is 0.455. The number of halogens is 3. The van der Waals surface area contributed by atoms with Crippen LogP contribution in [0.1, 0.15) is 12.5 Å². The van der Waals surface area contributed by atoms with Gasteiger partial charge in [0.2, 0.25) is 0 Å². The van der Waals surface area contributed by atoms with E-state index < -0.39 is 12.4 Å². The van der Waals surface area contributed by atoms with Gasteiger partial charge >= 0.3 is 6.98 Å². The maximum atomic E-state index is 12.5. The molecule has 0 spiro atoms. The molecule has 1 rings (SSSR count). The van der Waals surface area contributed by atoms with Gasteiger partial charge in [-0.2, -0.15) is 0 Å². The maximum Gasteiger partial charge on any atom is 0.509 e. The first-order chi connectivity index (χ1) is 7.95. The van der Waals surface area contributed by atoms with Crippen LogP contribution in [-0.2, 0) is 4.74 Å². The molecular weight excluding hydrogens is 232 g/mol. The molecule has 17 heavy (non-hydrogen) atoms. The molecule has 0 N–H and O–H groups in total. The van der Waals surface area contributed by atoms with Crippen LogP contribution in [-0.4, -0.2) is 26.8 Å². The van der Waals surface area contributed by atoms with E-state index in [1.54, 1.807) is 6.92 Å². The van der Waals surface area contributed by atoms with Crippen molar-refractivity contribution in [1.82, 2.24) is 0 Å². The number of aryl methyl sites for hydroxylation is 1. The van der Waals surface area contributed by atoms with Crippen LogP contribution in [0.3, 0.4) is 0 Å². The molecule has 0 heterocycles. The predicted molar refractivity (Wildman–Crippen MR) is 61.9 cm³/mol. The lowest BCUT2D eigenvalue weighted by atomic mass is 9.79. The molecule has 0 aromatic heterocycles. The van der Waals surface area contributed by atoms with Gasteiger partial charge in [0.1, 0.15) is 12.4 Å². The zero-order valence-electron chi connectivity index (χ0n) is 9.88. The van der Waals surface area contributed by atoms with Crippen molar-refractivity contribution in [2.45, 2.75) is 13.8 Å². The normalized spacial score (nSPS) is 11.6. The predicted octanol–water partition coefficient (Wildman–Crippen LogP) is 2.46. The highest BCUT2D eigenvalue weighted by Crippen LogP contribution is 2.18. The molecule has 0 radical (unpaired) electrons. The van der Waals surface area contributed by atoms with Crippen LogP contribution in [0.15, 0.2) is 18.2 Å². The Morgan fingerprint density at radius 3 is 2.41 bits per heavy atom. The van der Waals surface area contributed by atoms with Gasteiger partial charge in [-0.15, -0.1) is 5.46 Å². The van der Waals surface area contributed by atoms with Gasteiger partial charge in [-0.05, 0) is 25.5 Å². The summed E-state index contributed by atoms with van der Waals surface area (Å²) in [6, 6.07) is 3.50. The summed E-state index contributed by atoms with van der Waals surface area (Å²) in [6.45, 7) is -0.111. The van der Waals surface area contributed by atoms with Crippen LogP contribution in [0, 0.1) is 6.92 Å². The lowest BCUT2D eigenvalue weighted by Crippen LogP contribution is -2.34. The third kappa shape index (κ3) is 4.30. The second kappa shape index (κ2) is 5.96. The van der Waals surface area contributed by atoms with Crippen molar-refractivity contribution in [2.24, 2.45) is 0 Å². The highest BCUT2D eigenvalue weighted by atomic mass is 19.4. The molecule has 0 aliphatic heterocycles. The first kappa shape index (κ1) is 13.9. The minimum absolute atomic E-state index is 0.338. The first-order valence-electron chi connectivity index (χ1n) is 5.46. The van der Waals surface area contributed by atoms with Gasteiger partial charge in [-0.3, -0.25) is 0 Å². The third-order valence-corrected chi connectivity index (χ3v) is 2.27. The molecule has 0 unspecified atom stereocenters. The number of hydrogen-bond acceptors (Lipinski definition) is 2. The number of hydrogen-bond donors (Lipinski definition) is 0. The fourth-order valence-electron chi connectivity index (χ4n) is 1.39. The Hall–Kier alpha value is -1.17. The van der Waals surface area contributed by atoms with Crippen molar-refractivity contribution in [1.29, 1.82) is 0 Å². The van der Waals surface area contributed by atoms with Gasteiger partial charge in [0.25, 0.3) is 0 Å². The summed E-state index contributed by atoms with van der Waals surface area (Å²) in [4.78, 5) is 0. The molecule has 0 atom stereocenters. The van der Waals surface area contributed by atoms with Crippen molar-refractivity contribution in [3.63, 3.8) is 0 Å². The fourth-order valence-corrected chi connectivity index (χ4v) is 1.39. The average molecular weight is 247 g/mol. The summed E-state index contributed by atoms with van der Waals surface area (Å²) in [7, 11) is 0. The van der Waals surface area contributed by atoms with E-state index >= 15 is 0 Å². The van der Waals surface area contributed by atoms with Crippen LogP contribution < -0.4 is 10.2 Å². The van der Waals surface area contributed by atoms with Crippen LogP contribution in [0.25, 0.3) is 0 Å². The Morgan fingerprint density at radius 2 is 1.88 bits per heavy atom. The molecule has 0 aliphatic rings. The first-order valence-corrected chi connectivity index (χ1v) is 5.46. The molecular formula is C11H15BF3O2-. The topological polar surface area (TPSA) is 18.5 Å². The van der Waals surface area contributed by atoms with Gasteiger partial charge in [-0.1, -0.05) is 12.1 Å². The van der Waals surface area contributed by atoms with E-state index in [1.165, 1.54) is 6.07 Å². The Morgan fingerprint density at radius 1 is 1.18 bits per heavy atom. The summed E-state index contributed by atoms with van der Waals surface area (Å²) < 4.78 is 47.8. The van der Waals surface area contributed by atoms with Gasteiger partial charge in [0, 0.05) is 6.61 Å². The van der Waals surface area contributed by atoms with E-state index in [2.05, 4.69) is 0 Å². The SMILES string of the molecule is CCOCCOc1ccc([B-](F)(F)F)cc1C. The highest BCUT2D eigenvalue weighted by molar-refractivity contribution is 6.73. The van der Waals surface area contributed by atoms with Gasteiger partial charge < -0.3 is 22.4 Å². The smallest absolute Gasteiger partial charge is 0.491 e. The minimum Gasteiger partial charge on any atom is -0.491 e. The number of ether oxygens (including phenoxy) is 2. The molecule has 6 heteroatoms. The van der Waals surface area contributed by atoms with Crippen molar-refractivity contribution in [2.75, 3.05) is 19.8 Å². The van der Waals surface area contributed by atoms with Crippen molar-refractivity contribution < 1.29 is 22.4 Å². The summed E-state index contributed by atoms with van der Waals surface area (Å²) in [6.07, 6.45) is 0. The van der Waals surface area contributed by atoms with Crippen molar-refractivity contribution in [3.05, 3.63) is 23.8 Å². The maximum absolute atomic E-state index is 12.5. The number of rotatable bonds is 6. The zero-order valence-corrected chi connectivity index (χ0v) is 9.88. The number of benzene rings is 1. The Bertz CT molecular complexity index is 366. The Kier molecular flexibility index (Phi) is 4.87. The standard InChI is InChI=1S/C11H15BF3O2/c1-3-16-6-7-17-11-5-4-10(8-9(11)2)12(13,14)15/h4-5,8H,3,6-7H2,1-2H3/q-1.